The van der Waals surface area contributed by atoms with Gasteiger partial charge in [0.25, 0.3) is 0 Å². The molecular formula is C37H46O4P+. The number of aliphatic hydroxyl groups excluding tert-OH is 2. The molecule has 0 saturated carbocycles. The summed E-state index contributed by atoms with van der Waals surface area (Å²) in [5, 5.41) is 23.4. The number of rotatable bonds is 16. The van der Waals surface area contributed by atoms with E-state index in [0.717, 1.165) is 19.3 Å². The standard InChI is InChI=1S/C37H46O4P/c1-29-33(37(41)35(28-39)34(27-38)36(29)40)25-17-6-4-2-3-5-7-18-26-42(30-19-11-8-12-20-30,31-21-13-9-14-22-31)32-23-15-10-16-24-32/h8-16,19-24,29,33,38-39H,2-7,17-18,25-28H2,1H3/q+1. The Morgan fingerprint density at radius 1 is 0.548 bits per heavy atom. The predicted octanol–water partition coefficient (Wildman–Crippen LogP) is 6.18. The van der Waals surface area contributed by atoms with Gasteiger partial charge in [-0.05, 0) is 55.7 Å². The van der Waals surface area contributed by atoms with E-state index in [0.29, 0.717) is 6.42 Å². The van der Waals surface area contributed by atoms with Crippen LogP contribution in [-0.4, -0.2) is 41.2 Å². The lowest BCUT2D eigenvalue weighted by Crippen LogP contribution is -2.38. The molecule has 0 bridgehead atoms. The highest BCUT2D eigenvalue weighted by Gasteiger charge is 2.44. The van der Waals surface area contributed by atoms with Crippen molar-refractivity contribution in [3.8, 4) is 0 Å². The van der Waals surface area contributed by atoms with E-state index >= 15 is 0 Å². The smallest absolute Gasteiger partial charge is 0.165 e. The Morgan fingerprint density at radius 2 is 0.929 bits per heavy atom. The highest BCUT2D eigenvalue weighted by Crippen LogP contribution is 2.56. The van der Waals surface area contributed by atoms with Crippen LogP contribution in [-0.2, 0) is 9.59 Å². The average molecular weight is 586 g/mol. The first-order valence-electron chi connectivity index (χ1n) is 15.6. The minimum Gasteiger partial charge on any atom is -0.392 e. The Bertz CT molecular complexity index is 1210. The molecule has 4 rings (SSSR count). The molecule has 0 heterocycles. The van der Waals surface area contributed by atoms with Gasteiger partial charge in [-0.2, -0.15) is 0 Å². The van der Waals surface area contributed by atoms with E-state index < -0.39 is 26.4 Å². The number of unbranched alkanes of at least 4 members (excludes halogenated alkanes) is 7. The second-order valence-corrected chi connectivity index (χ2v) is 15.2. The van der Waals surface area contributed by atoms with Gasteiger partial charge in [0.05, 0.1) is 19.4 Å². The third kappa shape index (κ3) is 7.35. The van der Waals surface area contributed by atoms with Crippen molar-refractivity contribution in [1.29, 1.82) is 0 Å². The molecule has 0 aromatic heterocycles. The molecule has 2 atom stereocenters. The summed E-state index contributed by atoms with van der Waals surface area (Å²) in [4.78, 5) is 25.4. The van der Waals surface area contributed by atoms with Crippen molar-refractivity contribution in [3.05, 3.63) is 102 Å². The van der Waals surface area contributed by atoms with Crippen LogP contribution in [0.4, 0.5) is 0 Å². The summed E-state index contributed by atoms with van der Waals surface area (Å²) >= 11 is 0. The third-order valence-corrected chi connectivity index (χ3v) is 13.5. The van der Waals surface area contributed by atoms with Gasteiger partial charge in [0, 0.05) is 23.0 Å². The monoisotopic (exact) mass is 585 g/mol. The summed E-state index contributed by atoms with van der Waals surface area (Å²) < 4.78 is 0. The summed E-state index contributed by atoms with van der Waals surface area (Å²) in [5.41, 5.74) is 0.214. The van der Waals surface area contributed by atoms with Crippen molar-refractivity contribution in [1.82, 2.24) is 0 Å². The van der Waals surface area contributed by atoms with E-state index in [1.54, 1.807) is 6.92 Å². The van der Waals surface area contributed by atoms with Crippen LogP contribution in [0.25, 0.3) is 0 Å². The van der Waals surface area contributed by atoms with Crippen LogP contribution in [0.5, 0.6) is 0 Å². The quantitative estimate of drug-likeness (QED) is 0.156. The number of carbonyl (C=O) groups excluding carboxylic acids is 2. The average Bonchev–Trinajstić information content (AvgIpc) is 3.04. The van der Waals surface area contributed by atoms with Crippen LogP contribution in [0.1, 0.15) is 64.7 Å². The minimum atomic E-state index is -1.75. The van der Waals surface area contributed by atoms with Gasteiger partial charge in [-0.15, -0.1) is 0 Å². The lowest BCUT2D eigenvalue weighted by molar-refractivity contribution is -0.131. The topological polar surface area (TPSA) is 74.6 Å². The van der Waals surface area contributed by atoms with E-state index in [2.05, 4.69) is 91.0 Å². The van der Waals surface area contributed by atoms with Crippen molar-refractivity contribution in [2.24, 2.45) is 11.8 Å². The van der Waals surface area contributed by atoms with Crippen LogP contribution in [0.3, 0.4) is 0 Å². The fourth-order valence-electron chi connectivity index (χ4n) is 6.59. The summed E-state index contributed by atoms with van der Waals surface area (Å²) in [6, 6.07) is 33.3. The number of hydrogen-bond donors (Lipinski definition) is 2. The van der Waals surface area contributed by atoms with E-state index in [4.69, 9.17) is 0 Å². The highest BCUT2D eigenvalue weighted by atomic mass is 31.2. The molecule has 0 fully saturated rings. The van der Waals surface area contributed by atoms with Crippen LogP contribution >= 0.6 is 7.26 Å². The van der Waals surface area contributed by atoms with Crippen LogP contribution in [0.15, 0.2) is 102 Å². The molecule has 222 valence electrons. The molecule has 0 amide bonds. The molecule has 2 unspecified atom stereocenters. The largest absolute Gasteiger partial charge is 0.392 e. The molecule has 0 radical (unpaired) electrons. The Morgan fingerprint density at radius 3 is 1.36 bits per heavy atom. The Labute approximate surface area is 252 Å². The fourth-order valence-corrected chi connectivity index (χ4v) is 11.0. The maximum absolute atomic E-state index is 12.8. The summed E-state index contributed by atoms with van der Waals surface area (Å²) in [6.45, 7) is 0.818. The van der Waals surface area contributed by atoms with Gasteiger partial charge in [-0.25, -0.2) is 0 Å². The summed E-state index contributed by atoms with van der Waals surface area (Å²) in [5.74, 6) is -1.15. The number of hydrogen-bond acceptors (Lipinski definition) is 4. The summed E-state index contributed by atoms with van der Waals surface area (Å²) in [6.07, 6.45) is 10.9. The van der Waals surface area contributed by atoms with E-state index in [9.17, 15) is 19.8 Å². The summed E-state index contributed by atoms with van der Waals surface area (Å²) in [7, 11) is -1.75. The van der Waals surface area contributed by atoms with E-state index in [-0.39, 0.29) is 28.6 Å². The van der Waals surface area contributed by atoms with Crippen molar-refractivity contribution in [2.45, 2.75) is 64.7 Å². The Hall–Kier alpha value is -2.91. The van der Waals surface area contributed by atoms with Gasteiger partial charge in [0.1, 0.15) is 23.2 Å². The normalized spacial score (nSPS) is 17.6. The van der Waals surface area contributed by atoms with Crippen LogP contribution in [0, 0.1) is 11.8 Å². The van der Waals surface area contributed by atoms with Crippen molar-refractivity contribution in [3.63, 3.8) is 0 Å². The number of aliphatic hydroxyl groups is 2. The number of ketones is 2. The predicted molar refractivity (Wildman–Crippen MR) is 175 cm³/mol. The van der Waals surface area contributed by atoms with Crippen molar-refractivity contribution in [2.75, 3.05) is 19.4 Å². The molecule has 42 heavy (non-hydrogen) atoms. The molecule has 1 aliphatic rings. The fraction of sp³-hybridized carbons (Fsp3) is 0.405. The lowest BCUT2D eigenvalue weighted by atomic mass is 9.73. The minimum absolute atomic E-state index is 0.0990. The molecule has 4 nitrogen and oxygen atoms in total. The third-order valence-electron chi connectivity index (χ3n) is 8.98. The second kappa shape index (κ2) is 16.1. The van der Waals surface area contributed by atoms with E-state index in [1.807, 2.05) is 0 Å². The first-order chi connectivity index (χ1) is 20.5. The second-order valence-electron chi connectivity index (χ2n) is 11.6. The van der Waals surface area contributed by atoms with Crippen molar-refractivity contribution >= 4 is 34.7 Å². The van der Waals surface area contributed by atoms with E-state index in [1.165, 1.54) is 54.2 Å². The Kier molecular flexibility index (Phi) is 12.3. The molecule has 1 aliphatic carbocycles. The SMILES string of the molecule is CC1C(=O)C(CO)=C(CO)C(=O)C1CCCCCCCCCC[P+](c1ccccc1)(c1ccccc1)c1ccccc1. The number of Topliss-reactive ketones (excluding diaryl/α,β-unsaturated/α-hetero) is 2. The molecule has 0 aliphatic heterocycles. The first kappa shape index (κ1) is 32.0. The lowest BCUT2D eigenvalue weighted by Gasteiger charge is -2.29. The van der Waals surface area contributed by atoms with Gasteiger partial charge in [-0.3, -0.25) is 9.59 Å². The molecule has 2 N–H and O–H groups in total. The van der Waals surface area contributed by atoms with Gasteiger partial charge < -0.3 is 10.2 Å². The zero-order valence-electron chi connectivity index (χ0n) is 25.0. The van der Waals surface area contributed by atoms with Gasteiger partial charge in [0.15, 0.2) is 11.6 Å². The molecule has 3 aromatic carbocycles. The maximum Gasteiger partial charge on any atom is 0.165 e. The van der Waals surface area contributed by atoms with Crippen LogP contribution in [0.2, 0.25) is 0 Å². The van der Waals surface area contributed by atoms with Gasteiger partial charge in [-0.1, -0.05) is 100 Å². The molecule has 3 aromatic rings. The maximum atomic E-state index is 12.8. The molecule has 0 spiro atoms. The molecule has 0 saturated heterocycles. The van der Waals surface area contributed by atoms with Crippen LogP contribution < -0.4 is 15.9 Å². The van der Waals surface area contributed by atoms with Gasteiger partial charge in [0.2, 0.25) is 0 Å². The number of carbonyl (C=O) groups is 2. The molecular weight excluding hydrogens is 539 g/mol. The highest BCUT2D eigenvalue weighted by molar-refractivity contribution is 7.95. The first-order valence-corrected chi connectivity index (χ1v) is 17.6. The number of benzene rings is 3. The zero-order chi connectivity index (χ0) is 29.8. The van der Waals surface area contributed by atoms with Gasteiger partial charge >= 0.3 is 0 Å². The Balaban J connectivity index is 1.26. The van der Waals surface area contributed by atoms with Crippen molar-refractivity contribution < 1.29 is 19.8 Å². The zero-order valence-corrected chi connectivity index (χ0v) is 25.9. The molecule has 5 heteroatoms.